The van der Waals surface area contributed by atoms with Crippen molar-refractivity contribution in [3.63, 3.8) is 0 Å². The summed E-state index contributed by atoms with van der Waals surface area (Å²) in [4.78, 5) is 20.2. The van der Waals surface area contributed by atoms with Crippen LogP contribution in [0.4, 0.5) is 4.79 Å². The van der Waals surface area contributed by atoms with Gasteiger partial charge in [0.1, 0.15) is 11.6 Å². The van der Waals surface area contributed by atoms with Crippen molar-refractivity contribution in [2.24, 2.45) is 0 Å². The number of aromatic nitrogens is 2. The Morgan fingerprint density at radius 1 is 1.35 bits per heavy atom. The molecule has 6 heteroatoms. The van der Waals surface area contributed by atoms with Crippen LogP contribution in [0.2, 0.25) is 0 Å². The number of nitrogens with zero attached hydrogens (tertiary/aromatic N) is 2. The Hall–Kier alpha value is -2.63. The van der Waals surface area contributed by atoms with Crippen molar-refractivity contribution in [2.75, 3.05) is 7.11 Å². The summed E-state index contributed by atoms with van der Waals surface area (Å²) in [5.74, 6) is 1.51. The van der Waals surface area contributed by atoms with E-state index in [1.54, 1.807) is 19.4 Å². The van der Waals surface area contributed by atoms with Gasteiger partial charge < -0.3 is 15.4 Å². The largest absolute Gasteiger partial charge is 0.497 e. The Labute approximate surface area is 136 Å². The zero-order valence-corrected chi connectivity index (χ0v) is 13.7. The van der Waals surface area contributed by atoms with Crippen molar-refractivity contribution in [2.45, 2.75) is 32.9 Å². The van der Waals surface area contributed by atoms with E-state index in [-0.39, 0.29) is 12.1 Å². The highest BCUT2D eigenvalue weighted by molar-refractivity contribution is 5.74. The molecule has 2 N–H and O–H groups in total. The van der Waals surface area contributed by atoms with Gasteiger partial charge in [0, 0.05) is 12.2 Å². The van der Waals surface area contributed by atoms with Gasteiger partial charge in [0.2, 0.25) is 0 Å². The summed E-state index contributed by atoms with van der Waals surface area (Å²) in [5.41, 5.74) is 1.90. The summed E-state index contributed by atoms with van der Waals surface area (Å²) < 4.78 is 5.20. The van der Waals surface area contributed by atoms with Crippen molar-refractivity contribution in [1.82, 2.24) is 20.6 Å². The first-order chi connectivity index (χ1) is 11.1. The molecule has 2 rings (SSSR count). The lowest BCUT2D eigenvalue weighted by molar-refractivity contribution is 0.237. The molecule has 0 aliphatic carbocycles. The lowest BCUT2D eigenvalue weighted by atomic mass is 10.1. The number of ether oxygens (including phenoxy) is 1. The van der Waals surface area contributed by atoms with Gasteiger partial charge in [0.05, 0.1) is 19.3 Å². The highest BCUT2D eigenvalue weighted by atomic mass is 16.5. The van der Waals surface area contributed by atoms with Crippen molar-refractivity contribution in [1.29, 1.82) is 0 Å². The quantitative estimate of drug-likeness (QED) is 0.857. The van der Waals surface area contributed by atoms with Gasteiger partial charge in [-0.3, -0.25) is 0 Å². The van der Waals surface area contributed by atoms with Crippen LogP contribution in [-0.4, -0.2) is 29.2 Å². The van der Waals surface area contributed by atoms with Gasteiger partial charge >= 0.3 is 6.03 Å². The molecule has 0 saturated carbocycles. The predicted octanol–water partition coefficient (Wildman–Crippen LogP) is 2.22. The summed E-state index contributed by atoms with van der Waals surface area (Å²) >= 11 is 0. The monoisotopic (exact) mass is 314 g/mol. The molecule has 1 atom stereocenters. The summed E-state index contributed by atoms with van der Waals surface area (Å²) in [5, 5.41) is 5.72. The molecule has 1 aromatic heterocycles. The van der Waals surface area contributed by atoms with Crippen LogP contribution in [0.3, 0.4) is 0 Å². The molecule has 23 heavy (non-hydrogen) atoms. The number of urea groups is 1. The molecule has 2 amide bonds. The van der Waals surface area contributed by atoms with Crippen molar-refractivity contribution in [3.05, 3.63) is 53.6 Å². The van der Waals surface area contributed by atoms with Gasteiger partial charge in [-0.1, -0.05) is 12.1 Å². The molecule has 0 aliphatic rings. The van der Waals surface area contributed by atoms with Crippen molar-refractivity contribution in [3.8, 4) is 5.75 Å². The second kappa shape index (κ2) is 8.12. The highest BCUT2D eigenvalue weighted by Gasteiger charge is 2.08. The van der Waals surface area contributed by atoms with Gasteiger partial charge in [-0.05, 0) is 44.0 Å². The number of rotatable bonds is 6. The summed E-state index contributed by atoms with van der Waals surface area (Å²) in [6.07, 6.45) is 2.42. The molecule has 0 bridgehead atoms. The predicted molar refractivity (Wildman–Crippen MR) is 88.3 cm³/mol. The van der Waals surface area contributed by atoms with E-state index in [0.717, 1.165) is 23.4 Å². The van der Waals surface area contributed by atoms with Gasteiger partial charge in [-0.25, -0.2) is 14.8 Å². The van der Waals surface area contributed by atoms with E-state index in [0.29, 0.717) is 12.4 Å². The standard InChI is InChI=1S/C17H22N4O2/c1-12(9-14-5-4-6-16(10-14)23-3)20-17(22)19-11-15-7-8-18-13(2)21-15/h4-8,10,12H,9,11H2,1-3H3,(H2,19,20,22). The van der Waals surface area contributed by atoms with E-state index in [2.05, 4.69) is 20.6 Å². The zero-order chi connectivity index (χ0) is 16.7. The molecule has 0 fully saturated rings. The molecule has 1 unspecified atom stereocenters. The Balaban J connectivity index is 1.80. The summed E-state index contributed by atoms with van der Waals surface area (Å²) in [6, 6.07) is 9.41. The lowest BCUT2D eigenvalue weighted by Crippen LogP contribution is -2.41. The van der Waals surface area contributed by atoms with E-state index in [1.807, 2.05) is 38.1 Å². The SMILES string of the molecule is COc1cccc(CC(C)NC(=O)NCc2ccnc(C)n2)c1. The first-order valence-electron chi connectivity index (χ1n) is 7.52. The molecule has 0 radical (unpaired) electrons. The van der Waals surface area contributed by atoms with E-state index in [9.17, 15) is 4.79 Å². The van der Waals surface area contributed by atoms with Crippen molar-refractivity contribution < 1.29 is 9.53 Å². The van der Waals surface area contributed by atoms with Crippen LogP contribution in [0.15, 0.2) is 36.5 Å². The minimum absolute atomic E-state index is 0.00856. The fourth-order valence-corrected chi connectivity index (χ4v) is 2.25. The van der Waals surface area contributed by atoms with Gasteiger partial charge in [-0.15, -0.1) is 0 Å². The third-order valence-corrected chi connectivity index (χ3v) is 3.32. The Bertz CT molecular complexity index is 661. The second-order valence-corrected chi connectivity index (χ2v) is 5.38. The Morgan fingerprint density at radius 3 is 2.91 bits per heavy atom. The Kier molecular flexibility index (Phi) is 5.91. The molecule has 0 aliphatic heterocycles. The number of aryl methyl sites for hydroxylation is 1. The smallest absolute Gasteiger partial charge is 0.315 e. The van der Waals surface area contributed by atoms with Gasteiger partial charge in [-0.2, -0.15) is 0 Å². The molecular formula is C17H22N4O2. The van der Waals surface area contributed by atoms with Crippen LogP contribution in [0.5, 0.6) is 5.75 Å². The summed E-state index contributed by atoms with van der Waals surface area (Å²) in [7, 11) is 1.64. The minimum atomic E-state index is -0.211. The lowest BCUT2D eigenvalue weighted by Gasteiger charge is -2.15. The Morgan fingerprint density at radius 2 is 2.17 bits per heavy atom. The van der Waals surface area contributed by atoms with Crippen LogP contribution >= 0.6 is 0 Å². The number of carbonyl (C=O) groups is 1. The van der Waals surface area contributed by atoms with E-state index in [4.69, 9.17) is 4.74 Å². The summed E-state index contributed by atoms with van der Waals surface area (Å²) in [6.45, 7) is 4.16. The van der Waals surface area contributed by atoms with Gasteiger partial charge in [0.15, 0.2) is 0 Å². The number of nitrogens with one attached hydrogen (secondary N) is 2. The highest BCUT2D eigenvalue weighted by Crippen LogP contribution is 2.13. The molecular weight excluding hydrogens is 292 g/mol. The minimum Gasteiger partial charge on any atom is -0.497 e. The molecule has 0 spiro atoms. The van der Waals surface area contributed by atoms with Crippen LogP contribution in [0, 0.1) is 6.92 Å². The van der Waals surface area contributed by atoms with Crippen LogP contribution in [0.25, 0.3) is 0 Å². The average Bonchev–Trinajstić information content (AvgIpc) is 2.53. The molecule has 122 valence electrons. The maximum Gasteiger partial charge on any atom is 0.315 e. The molecule has 6 nitrogen and oxygen atoms in total. The third kappa shape index (κ3) is 5.58. The average molecular weight is 314 g/mol. The topological polar surface area (TPSA) is 76.1 Å². The molecule has 0 saturated heterocycles. The van der Waals surface area contributed by atoms with Crippen LogP contribution in [-0.2, 0) is 13.0 Å². The number of hydrogen-bond acceptors (Lipinski definition) is 4. The number of carbonyl (C=O) groups excluding carboxylic acids is 1. The molecule has 2 aromatic rings. The number of methoxy groups -OCH3 is 1. The zero-order valence-electron chi connectivity index (χ0n) is 13.7. The fourth-order valence-electron chi connectivity index (χ4n) is 2.25. The van der Waals surface area contributed by atoms with E-state index < -0.39 is 0 Å². The maximum atomic E-state index is 11.9. The first kappa shape index (κ1) is 16.7. The van der Waals surface area contributed by atoms with Crippen molar-refractivity contribution >= 4 is 6.03 Å². The van der Waals surface area contributed by atoms with Gasteiger partial charge in [0.25, 0.3) is 0 Å². The second-order valence-electron chi connectivity index (χ2n) is 5.38. The normalized spacial score (nSPS) is 11.6. The molecule has 1 heterocycles. The number of amides is 2. The van der Waals surface area contributed by atoms with E-state index in [1.165, 1.54) is 0 Å². The van der Waals surface area contributed by atoms with Crippen LogP contribution < -0.4 is 15.4 Å². The third-order valence-electron chi connectivity index (χ3n) is 3.32. The van der Waals surface area contributed by atoms with Crippen LogP contribution in [0.1, 0.15) is 24.0 Å². The number of benzene rings is 1. The molecule has 1 aromatic carbocycles. The number of hydrogen-bond donors (Lipinski definition) is 2. The first-order valence-corrected chi connectivity index (χ1v) is 7.52. The fraction of sp³-hybridized carbons (Fsp3) is 0.353. The maximum absolute atomic E-state index is 11.9. The van der Waals surface area contributed by atoms with E-state index >= 15 is 0 Å².